The van der Waals surface area contributed by atoms with Crippen LogP contribution in [0.15, 0.2) is 0 Å². The predicted molar refractivity (Wildman–Crippen MR) is 139 cm³/mol. The summed E-state index contributed by atoms with van der Waals surface area (Å²) >= 11 is 0. The second kappa shape index (κ2) is 14.3. The molecule has 4 N–H and O–H groups in total. The van der Waals surface area contributed by atoms with Crippen molar-refractivity contribution in [2.45, 2.75) is 38.5 Å². The summed E-state index contributed by atoms with van der Waals surface area (Å²) in [5.74, 6) is 0.273. The molecule has 4 saturated heterocycles. The topological polar surface area (TPSA) is 109 Å². The fourth-order valence-electron chi connectivity index (χ4n) is 5.93. The molecular weight excluding hydrogens is 458 g/mol. The zero-order valence-electron chi connectivity index (χ0n) is 21.9. The number of carbonyl (C=O) groups is 3. The molecule has 0 aromatic heterocycles. The number of hydrogen-bond donors (Lipinski definition) is 4. The van der Waals surface area contributed by atoms with Crippen LogP contribution in [0, 0.1) is 17.8 Å². The van der Waals surface area contributed by atoms with E-state index in [1.807, 2.05) is 14.7 Å². The van der Waals surface area contributed by atoms with Gasteiger partial charge < -0.3 is 36.0 Å². The van der Waals surface area contributed by atoms with Crippen LogP contribution in [0.5, 0.6) is 0 Å². The Kier molecular flexibility index (Phi) is 10.8. The van der Waals surface area contributed by atoms with Gasteiger partial charge in [-0.05, 0) is 38.8 Å². The highest BCUT2D eigenvalue weighted by Gasteiger charge is 2.32. The minimum atomic E-state index is -0.126. The molecule has 4 fully saturated rings. The van der Waals surface area contributed by atoms with Crippen molar-refractivity contribution in [3.05, 3.63) is 0 Å². The van der Waals surface area contributed by atoms with Gasteiger partial charge in [0.1, 0.15) is 0 Å². The maximum Gasteiger partial charge on any atom is 0.228 e. The van der Waals surface area contributed by atoms with Gasteiger partial charge in [0.15, 0.2) is 0 Å². The van der Waals surface area contributed by atoms with Gasteiger partial charge >= 0.3 is 0 Å². The molecule has 36 heavy (non-hydrogen) atoms. The third kappa shape index (κ3) is 7.63. The molecule has 4 heterocycles. The lowest BCUT2D eigenvalue weighted by molar-refractivity contribution is -0.139. The molecular formula is C26H47N7O3. The van der Waals surface area contributed by atoms with E-state index in [0.29, 0.717) is 65.4 Å². The number of nitrogens with one attached hydrogen (secondary N) is 4. The summed E-state index contributed by atoms with van der Waals surface area (Å²) in [6.07, 6.45) is 6.13. The highest BCUT2D eigenvalue weighted by atomic mass is 16.2. The number of rotatable bonds is 3. The molecule has 0 aromatic rings. The Balaban J connectivity index is 1.48. The van der Waals surface area contributed by atoms with E-state index in [2.05, 4.69) is 21.3 Å². The lowest BCUT2D eigenvalue weighted by Gasteiger charge is -2.30. The Bertz CT molecular complexity index is 605. The molecule has 0 spiro atoms. The molecule has 3 amide bonds. The first-order valence-corrected chi connectivity index (χ1v) is 14.3. The van der Waals surface area contributed by atoms with E-state index in [9.17, 15) is 14.4 Å². The molecule has 4 rings (SSSR count). The monoisotopic (exact) mass is 505 g/mol. The Morgan fingerprint density at radius 2 is 0.778 bits per heavy atom. The van der Waals surface area contributed by atoms with Gasteiger partial charge in [-0.25, -0.2) is 0 Å². The summed E-state index contributed by atoms with van der Waals surface area (Å²) in [6.45, 7) is 9.59. The Morgan fingerprint density at radius 3 is 1.19 bits per heavy atom. The first-order chi connectivity index (χ1) is 17.6. The average molecular weight is 506 g/mol. The summed E-state index contributed by atoms with van der Waals surface area (Å²) < 4.78 is 0. The van der Waals surface area contributed by atoms with Crippen LogP contribution in [-0.4, -0.2) is 124 Å². The van der Waals surface area contributed by atoms with E-state index in [0.717, 1.165) is 64.7 Å². The second-order valence-corrected chi connectivity index (χ2v) is 10.9. The Hall–Kier alpha value is -1.75. The minimum Gasteiger partial charge on any atom is -0.339 e. The third-order valence-electron chi connectivity index (χ3n) is 8.26. The fraction of sp³-hybridized carbons (Fsp3) is 0.885. The van der Waals surface area contributed by atoms with Crippen molar-refractivity contribution < 1.29 is 14.4 Å². The normalized spacial score (nSPS) is 28.2. The molecule has 4 aliphatic rings. The first-order valence-electron chi connectivity index (χ1n) is 14.3. The number of carbonyl (C=O) groups excluding carboxylic acids is 3. The van der Waals surface area contributed by atoms with E-state index in [-0.39, 0.29) is 35.5 Å². The molecule has 204 valence electrons. The largest absolute Gasteiger partial charge is 0.339 e. The van der Waals surface area contributed by atoms with Crippen molar-refractivity contribution >= 4 is 17.7 Å². The summed E-state index contributed by atoms with van der Waals surface area (Å²) in [7, 11) is 0. The molecule has 2 unspecified atom stereocenters. The van der Waals surface area contributed by atoms with Crippen LogP contribution in [0.4, 0.5) is 0 Å². The summed E-state index contributed by atoms with van der Waals surface area (Å²) in [5.41, 5.74) is 0. The second-order valence-electron chi connectivity index (χ2n) is 10.9. The lowest BCUT2D eigenvalue weighted by Crippen LogP contribution is -2.48. The van der Waals surface area contributed by atoms with Crippen molar-refractivity contribution in [2.24, 2.45) is 17.8 Å². The van der Waals surface area contributed by atoms with Crippen molar-refractivity contribution in [3.8, 4) is 0 Å². The van der Waals surface area contributed by atoms with Crippen LogP contribution >= 0.6 is 0 Å². The van der Waals surface area contributed by atoms with Crippen LogP contribution < -0.4 is 21.3 Å². The van der Waals surface area contributed by atoms with Gasteiger partial charge in [0.2, 0.25) is 17.7 Å². The maximum absolute atomic E-state index is 13.6. The molecule has 0 radical (unpaired) electrons. The van der Waals surface area contributed by atoms with Gasteiger partial charge in [0.05, 0.1) is 17.8 Å². The van der Waals surface area contributed by atoms with Crippen molar-refractivity contribution in [1.82, 2.24) is 36.0 Å². The summed E-state index contributed by atoms with van der Waals surface area (Å²) in [5, 5.41) is 13.5. The van der Waals surface area contributed by atoms with E-state index < -0.39 is 0 Å². The standard InChI is InChI=1S/C26H47N7O3/c34-24(21-5-1-3-7-27-17-21)31-11-12-32(25(35)22-6-2-4-8-28-18-22)14-16-33(15-13-31)26(36)23-19-29-9-10-30-20-23/h21-23,27-30H,1-20H2. The third-order valence-corrected chi connectivity index (χ3v) is 8.26. The smallest absolute Gasteiger partial charge is 0.228 e. The fourth-order valence-corrected chi connectivity index (χ4v) is 5.93. The highest BCUT2D eigenvalue weighted by molar-refractivity contribution is 5.82. The molecule has 0 aliphatic carbocycles. The molecule has 0 bridgehead atoms. The van der Waals surface area contributed by atoms with Crippen LogP contribution in [0.3, 0.4) is 0 Å². The van der Waals surface area contributed by atoms with Crippen molar-refractivity contribution in [3.63, 3.8) is 0 Å². The molecule has 0 saturated carbocycles. The summed E-state index contributed by atoms with van der Waals surface area (Å²) in [4.78, 5) is 46.5. The van der Waals surface area contributed by atoms with E-state index in [1.165, 1.54) is 0 Å². The van der Waals surface area contributed by atoms with E-state index >= 15 is 0 Å². The highest BCUT2D eigenvalue weighted by Crippen LogP contribution is 2.18. The van der Waals surface area contributed by atoms with Crippen LogP contribution in [0.2, 0.25) is 0 Å². The van der Waals surface area contributed by atoms with Crippen molar-refractivity contribution in [2.75, 3.05) is 91.6 Å². The SMILES string of the molecule is O=C(C1CCCCNC1)N1CCN(C(=O)C2CCCCNC2)CCN(C(=O)C2CNCCNC2)CC1. The number of nitrogens with zero attached hydrogens (tertiary/aromatic N) is 3. The zero-order chi connectivity index (χ0) is 25.2. The molecule has 2 atom stereocenters. The zero-order valence-corrected chi connectivity index (χ0v) is 21.9. The number of amides is 3. The van der Waals surface area contributed by atoms with Crippen LogP contribution in [0.1, 0.15) is 38.5 Å². The van der Waals surface area contributed by atoms with Gasteiger partial charge in [-0.3, -0.25) is 14.4 Å². The molecule has 0 aromatic carbocycles. The molecule has 10 heteroatoms. The molecule has 4 aliphatic heterocycles. The quantitative estimate of drug-likeness (QED) is 0.393. The van der Waals surface area contributed by atoms with E-state index in [4.69, 9.17) is 0 Å². The van der Waals surface area contributed by atoms with Gasteiger partial charge in [-0.2, -0.15) is 0 Å². The van der Waals surface area contributed by atoms with Crippen LogP contribution in [0.25, 0.3) is 0 Å². The minimum absolute atomic E-state index is 0.0251. The maximum atomic E-state index is 13.6. The number of hydrogen-bond acceptors (Lipinski definition) is 7. The average Bonchev–Trinajstić information content (AvgIpc) is 3.41. The molecule has 10 nitrogen and oxygen atoms in total. The first kappa shape index (κ1) is 27.3. The predicted octanol–water partition coefficient (Wildman–Crippen LogP) is -0.926. The van der Waals surface area contributed by atoms with E-state index in [1.54, 1.807) is 0 Å². The van der Waals surface area contributed by atoms with Gasteiger partial charge in [-0.15, -0.1) is 0 Å². The Morgan fingerprint density at radius 1 is 0.444 bits per heavy atom. The van der Waals surface area contributed by atoms with Crippen LogP contribution in [-0.2, 0) is 14.4 Å². The Labute approximate surface area is 216 Å². The van der Waals surface area contributed by atoms with Gasteiger partial charge in [0.25, 0.3) is 0 Å². The van der Waals surface area contributed by atoms with Crippen molar-refractivity contribution in [1.29, 1.82) is 0 Å². The summed E-state index contributed by atoms with van der Waals surface area (Å²) in [6, 6.07) is 0. The lowest BCUT2D eigenvalue weighted by atomic mass is 10.0. The van der Waals surface area contributed by atoms with Gasteiger partial charge in [0, 0.05) is 78.5 Å². The van der Waals surface area contributed by atoms with Gasteiger partial charge in [-0.1, -0.05) is 12.8 Å².